The lowest BCUT2D eigenvalue weighted by atomic mass is 9.79. The van der Waals surface area contributed by atoms with Gasteiger partial charge in [-0.1, -0.05) is 104 Å². The number of hydrogen-bond acceptors (Lipinski definition) is 2. The highest BCUT2D eigenvalue weighted by Crippen LogP contribution is 2.50. The van der Waals surface area contributed by atoms with Crippen molar-refractivity contribution < 1.29 is 8.99 Å². The van der Waals surface area contributed by atoms with Crippen molar-refractivity contribution >= 4 is 8.32 Å². The summed E-state index contributed by atoms with van der Waals surface area (Å²) in [7, 11) is -2.19. The van der Waals surface area contributed by atoms with Crippen molar-refractivity contribution in [3.8, 4) is 5.69 Å². The maximum atomic E-state index is 7.60. The lowest BCUT2D eigenvalue weighted by molar-refractivity contribution is -0.730. The van der Waals surface area contributed by atoms with Crippen molar-refractivity contribution in [2.45, 2.75) is 63.4 Å². The number of hydrogen-bond donors (Lipinski definition) is 0. The lowest BCUT2D eigenvalue weighted by Gasteiger charge is -2.48. The van der Waals surface area contributed by atoms with Gasteiger partial charge < -0.3 is 4.43 Å². The Labute approximate surface area is 210 Å². The summed E-state index contributed by atoms with van der Waals surface area (Å²) in [6.45, 7) is 11.7. The molecule has 0 spiro atoms. The Hall–Kier alpha value is -3.02. The number of fused-ring (bicyclic) bond motifs is 1. The number of benzene rings is 3. The third-order valence-electron chi connectivity index (χ3n) is 7.85. The average molecular weight is 483 g/mol. The smallest absolute Gasteiger partial charge is 0.278 e. The van der Waals surface area contributed by atoms with E-state index >= 15 is 0 Å². The van der Waals surface area contributed by atoms with E-state index in [9.17, 15) is 0 Å². The van der Waals surface area contributed by atoms with Crippen LogP contribution >= 0.6 is 0 Å². The molecule has 0 amide bonds. The number of para-hydroxylation sites is 1. The second-order valence-corrected chi connectivity index (χ2v) is 15.8. The molecule has 2 heterocycles. The summed E-state index contributed by atoms with van der Waals surface area (Å²) in [6.07, 6.45) is 4.07. The topological polar surface area (TPSA) is 30.9 Å². The molecule has 3 aromatic carbocycles. The minimum absolute atomic E-state index is 0.0716. The Morgan fingerprint density at radius 2 is 1.34 bits per heavy atom. The third-order valence-corrected chi connectivity index (χ3v) is 12.3. The van der Waals surface area contributed by atoms with Gasteiger partial charge >= 0.3 is 0 Å². The molecule has 1 aliphatic rings. The van der Waals surface area contributed by atoms with Gasteiger partial charge in [0.15, 0.2) is 8.32 Å². The summed E-state index contributed by atoms with van der Waals surface area (Å²) < 4.78 is 12.0. The SMILES string of the molecule is CC(C)(C)[Si](C)(C)OC(c1ccccc1)(c1ccccc1)[C@@H]1CCc2nn(-c3ccccc3)c[n+]21. The lowest BCUT2D eigenvalue weighted by Crippen LogP contribution is -2.57. The number of aryl methyl sites for hydroxylation is 1. The molecule has 5 rings (SSSR count). The zero-order valence-electron chi connectivity index (χ0n) is 21.5. The summed E-state index contributed by atoms with van der Waals surface area (Å²) in [5.41, 5.74) is 2.86. The van der Waals surface area contributed by atoms with Gasteiger partial charge in [-0.3, -0.25) is 0 Å². The molecule has 0 aliphatic carbocycles. The molecule has 0 unspecified atom stereocenters. The molecule has 1 aromatic heterocycles. The zero-order valence-corrected chi connectivity index (χ0v) is 22.5. The molecule has 0 N–H and O–H groups in total. The van der Waals surface area contributed by atoms with E-state index < -0.39 is 13.9 Å². The first kappa shape index (κ1) is 23.7. The molecule has 4 aromatic rings. The van der Waals surface area contributed by atoms with Crippen LogP contribution in [0, 0.1) is 0 Å². The highest BCUT2D eigenvalue weighted by Gasteiger charge is 2.55. The fraction of sp³-hybridized carbons (Fsp3) is 0.333. The Morgan fingerprint density at radius 3 is 1.86 bits per heavy atom. The molecule has 0 fully saturated rings. The van der Waals surface area contributed by atoms with Crippen LogP contribution in [-0.4, -0.2) is 18.1 Å². The molecule has 0 saturated carbocycles. The summed E-state index contributed by atoms with van der Waals surface area (Å²) in [4.78, 5) is 0. The highest BCUT2D eigenvalue weighted by molar-refractivity contribution is 6.74. The summed E-state index contributed by atoms with van der Waals surface area (Å²) in [6, 6.07) is 32.1. The van der Waals surface area contributed by atoms with Crippen LogP contribution in [0.1, 0.15) is 50.2 Å². The van der Waals surface area contributed by atoms with Crippen molar-refractivity contribution in [3.63, 3.8) is 0 Å². The van der Waals surface area contributed by atoms with Gasteiger partial charge in [0.1, 0.15) is 17.3 Å². The van der Waals surface area contributed by atoms with Gasteiger partial charge in [0, 0.05) is 11.5 Å². The standard InChI is InChI=1S/C30H36N3OSi/c1-29(2,3)35(4,5)34-30(24-15-9-6-10-16-24,25-17-11-7-12-18-25)27-21-22-28-31-33(23-32(27)28)26-19-13-8-14-20-26/h6-20,23,27H,21-22H2,1-5H3/q+1/t27-/m0/s1. The predicted molar refractivity (Wildman–Crippen MR) is 143 cm³/mol. The Kier molecular flexibility index (Phi) is 6.02. The minimum atomic E-state index is -2.19. The molecule has 35 heavy (non-hydrogen) atoms. The summed E-state index contributed by atoms with van der Waals surface area (Å²) in [5, 5.41) is 5.06. The van der Waals surface area contributed by atoms with Crippen LogP contribution in [0.3, 0.4) is 0 Å². The molecular formula is C30H36N3OSi+. The molecule has 5 heteroatoms. The van der Waals surface area contributed by atoms with Crippen LogP contribution in [0.2, 0.25) is 18.1 Å². The first-order valence-corrected chi connectivity index (χ1v) is 15.5. The Bertz CT molecular complexity index is 1240. The van der Waals surface area contributed by atoms with E-state index in [1.165, 1.54) is 11.1 Å². The molecular weight excluding hydrogens is 446 g/mol. The van der Waals surface area contributed by atoms with E-state index in [1.807, 2.05) is 10.7 Å². The maximum absolute atomic E-state index is 7.60. The fourth-order valence-corrected chi connectivity index (χ4v) is 6.48. The van der Waals surface area contributed by atoms with E-state index in [4.69, 9.17) is 9.52 Å². The van der Waals surface area contributed by atoms with E-state index in [0.717, 1.165) is 24.4 Å². The molecule has 0 radical (unpaired) electrons. The molecule has 1 atom stereocenters. The first-order valence-electron chi connectivity index (χ1n) is 12.6. The first-order chi connectivity index (χ1) is 16.7. The molecule has 0 bridgehead atoms. The van der Waals surface area contributed by atoms with Gasteiger partial charge in [-0.2, -0.15) is 0 Å². The maximum Gasteiger partial charge on any atom is 0.278 e. The van der Waals surface area contributed by atoms with Gasteiger partial charge in [-0.05, 0) is 47.8 Å². The van der Waals surface area contributed by atoms with E-state index in [0.29, 0.717) is 0 Å². The van der Waals surface area contributed by atoms with Crippen LogP contribution in [0.4, 0.5) is 0 Å². The van der Waals surface area contributed by atoms with Crippen molar-refractivity contribution in [3.05, 3.63) is 114 Å². The van der Waals surface area contributed by atoms with Crippen LogP contribution in [0.5, 0.6) is 0 Å². The van der Waals surface area contributed by atoms with Crippen molar-refractivity contribution in [1.29, 1.82) is 0 Å². The predicted octanol–water partition coefficient (Wildman–Crippen LogP) is 6.61. The number of nitrogens with zero attached hydrogens (tertiary/aromatic N) is 3. The van der Waals surface area contributed by atoms with Gasteiger partial charge in [0.05, 0.1) is 0 Å². The fourth-order valence-electron chi connectivity index (χ4n) is 5.00. The highest BCUT2D eigenvalue weighted by atomic mass is 28.4. The second-order valence-electron chi connectivity index (χ2n) is 11.1. The molecule has 4 nitrogen and oxygen atoms in total. The van der Waals surface area contributed by atoms with Crippen molar-refractivity contribution in [2.24, 2.45) is 0 Å². The van der Waals surface area contributed by atoms with Crippen LogP contribution in [0.25, 0.3) is 5.69 Å². The molecule has 0 saturated heterocycles. The van der Waals surface area contributed by atoms with E-state index in [-0.39, 0.29) is 11.1 Å². The van der Waals surface area contributed by atoms with Crippen LogP contribution < -0.4 is 4.57 Å². The van der Waals surface area contributed by atoms with Crippen molar-refractivity contribution in [2.75, 3.05) is 0 Å². The quantitative estimate of drug-likeness (QED) is 0.229. The van der Waals surface area contributed by atoms with Crippen LogP contribution in [0.15, 0.2) is 97.3 Å². The van der Waals surface area contributed by atoms with Gasteiger partial charge in [-0.25, -0.2) is 4.57 Å². The summed E-state index contributed by atoms with van der Waals surface area (Å²) in [5.74, 6) is 1.11. The normalized spacial score (nSPS) is 16.3. The average Bonchev–Trinajstić information content (AvgIpc) is 3.45. The minimum Gasteiger partial charge on any atom is -0.400 e. The largest absolute Gasteiger partial charge is 0.400 e. The Balaban J connectivity index is 1.73. The van der Waals surface area contributed by atoms with Crippen molar-refractivity contribution in [1.82, 2.24) is 9.78 Å². The monoisotopic (exact) mass is 482 g/mol. The Morgan fingerprint density at radius 1 is 0.829 bits per heavy atom. The van der Waals surface area contributed by atoms with Crippen LogP contribution in [-0.2, 0) is 16.4 Å². The van der Waals surface area contributed by atoms with Gasteiger partial charge in [-0.15, -0.1) is 0 Å². The van der Waals surface area contributed by atoms with E-state index in [1.54, 1.807) is 0 Å². The molecule has 180 valence electrons. The molecule has 1 aliphatic heterocycles. The van der Waals surface area contributed by atoms with Gasteiger partial charge in [0.2, 0.25) is 6.33 Å². The second kappa shape index (κ2) is 8.88. The number of rotatable bonds is 6. The van der Waals surface area contributed by atoms with E-state index in [2.05, 4.69) is 130 Å². The summed E-state index contributed by atoms with van der Waals surface area (Å²) >= 11 is 0. The third kappa shape index (κ3) is 4.17. The number of aromatic nitrogens is 3. The zero-order chi connectivity index (χ0) is 24.7. The van der Waals surface area contributed by atoms with Gasteiger partial charge in [0.25, 0.3) is 5.82 Å².